The van der Waals surface area contributed by atoms with Crippen molar-refractivity contribution in [1.82, 2.24) is 10.3 Å². The molecular formula is C24H25BrN2O4S. The summed E-state index contributed by atoms with van der Waals surface area (Å²) in [5, 5.41) is 12.8. The van der Waals surface area contributed by atoms with Gasteiger partial charge in [-0.05, 0) is 42.7 Å². The summed E-state index contributed by atoms with van der Waals surface area (Å²) in [4.78, 5) is 40.5. The zero-order valence-electron chi connectivity index (χ0n) is 17.5. The number of nitrogens with one attached hydrogen (secondary N) is 2. The Hall–Kier alpha value is -2.58. The first-order valence-corrected chi connectivity index (χ1v) is 11.6. The van der Waals surface area contributed by atoms with Crippen LogP contribution in [-0.2, 0) is 27.2 Å². The summed E-state index contributed by atoms with van der Waals surface area (Å²) in [5.41, 5.74) is 2.59. The number of para-hydroxylation sites is 1. The number of ketones is 1. The van der Waals surface area contributed by atoms with Crippen molar-refractivity contribution in [3.05, 3.63) is 70.3 Å². The Morgan fingerprint density at radius 3 is 2.44 bits per heavy atom. The molecule has 6 nitrogen and oxygen atoms in total. The number of Topliss-reactive ketones (excluding diaryl/α,β-unsaturated/α-hetero) is 1. The molecule has 2 unspecified atom stereocenters. The van der Waals surface area contributed by atoms with Crippen molar-refractivity contribution in [2.45, 2.75) is 37.5 Å². The van der Waals surface area contributed by atoms with Gasteiger partial charge in [-0.1, -0.05) is 46.3 Å². The van der Waals surface area contributed by atoms with Gasteiger partial charge in [-0.3, -0.25) is 9.59 Å². The van der Waals surface area contributed by atoms with Gasteiger partial charge in [0.05, 0.1) is 5.25 Å². The summed E-state index contributed by atoms with van der Waals surface area (Å²) in [6.07, 6.45) is 2.21. The molecule has 0 spiro atoms. The number of hydrogen-bond donors (Lipinski definition) is 4. The van der Waals surface area contributed by atoms with E-state index in [1.807, 2.05) is 48.5 Å². The van der Waals surface area contributed by atoms with Crippen LogP contribution >= 0.6 is 28.6 Å². The zero-order chi connectivity index (χ0) is 23.3. The van der Waals surface area contributed by atoms with Crippen LogP contribution in [0.2, 0.25) is 0 Å². The van der Waals surface area contributed by atoms with E-state index >= 15 is 0 Å². The minimum atomic E-state index is -1.13. The number of halogens is 1. The van der Waals surface area contributed by atoms with Crippen LogP contribution in [0, 0.1) is 5.92 Å². The van der Waals surface area contributed by atoms with Crippen LogP contribution in [0.15, 0.2) is 59.2 Å². The number of amides is 1. The third kappa shape index (κ3) is 6.23. The summed E-state index contributed by atoms with van der Waals surface area (Å²) in [6.45, 7) is 1.66. The van der Waals surface area contributed by atoms with Crippen LogP contribution < -0.4 is 5.32 Å². The molecule has 1 aromatic heterocycles. The Labute approximate surface area is 200 Å². The maximum Gasteiger partial charge on any atom is 0.326 e. The number of thiol groups is 1. The van der Waals surface area contributed by atoms with E-state index < -0.39 is 29.1 Å². The predicted molar refractivity (Wildman–Crippen MR) is 131 cm³/mol. The molecule has 0 radical (unpaired) electrons. The largest absolute Gasteiger partial charge is 0.480 e. The lowest BCUT2D eigenvalue weighted by molar-refractivity contribution is -0.142. The molecule has 0 saturated carbocycles. The van der Waals surface area contributed by atoms with Gasteiger partial charge in [-0.15, -0.1) is 0 Å². The van der Waals surface area contributed by atoms with Gasteiger partial charge in [0.2, 0.25) is 5.91 Å². The van der Waals surface area contributed by atoms with Gasteiger partial charge in [0.1, 0.15) is 11.8 Å². The second-order valence-electron chi connectivity index (χ2n) is 7.84. The first-order chi connectivity index (χ1) is 15.2. The highest BCUT2D eigenvalue weighted by molar-refractivity contribution is 9.10. The van der Waals surface area contributed by atoms with Crippen molar-refractivity contribution < 1.29 is 19.5 Å². The molecule has 3 N–H and O–H groups in total. The SMILES string of the molecule is CC(S)C(=O)CC(Cc1ccc(Br)cc1)C(=O)N[C@@H](Cc1c[nH]c2ccccc12)C(=O)O. The molecule has 3 aromatic rings. The monoisotopic (exact) mass is 516 g/mol. The molecule has 0 fully saturated rings. The van der Waals surface area contributed by atoms with E-state index in [1.165, 1.54) is 0 Å². The highest BCUT2D eigenvalue weighted by atomic mass is 79.9. The van der Waals surface area contributed by atoms with Gasteiger partial charge in [0, 0.05) is 40.3 Å². The Bertz CT molecular complexity index is 1110. The van der Waals surface area contributed by atoms with E-state index in [0.717, 1.165) is 26.5 Å². The first-order valence-electron chi connectivity index (χ1n) is 10.3. The quantitative estimate of drug-likeness (QED) is 0.303. The third-order valence-electron chi connectivity index (χ3n) is 5.39. The van der Waals surface area contributed by atoms with E-state index in [2.05, 4.69) is 38.9 Å². The number of rotatable bonds is 10. The fraction of sp³-hybridized carbons (Fsp3) is 0.292. The Morgan fingerprint density at radius 1 is 1.09 bits per heavy atom. The van der Waals surface area contributed by atoms with Crippen LogP contribution in [0.5, 0.6) is 0 Å². The van der Waals surface area contributed by atoms with Crippen molar-refractivity contribution in [2.75, 3.05) is 0 Å². The van der Waals surface area contributed by atoms with Gasteiger partial charge < -0.3 is 15.4 Å². The molecule has 0 saturated heterocycles. The Morgan fingerprint density at radius 2 is 1.78 bits per heavy atom. The molecule has 0 aliphatic rings. The maximum atomic E-state index is 13.1. The lowest BCUT2D eigenvalue weighted by Crippen LogP contribution is -2.46. The van der Waals surface area contributed by atoms with Crippen LogP contribution in [0.25, 0.3) is 10.9 Å². The minimum Gasteiger partial charge on any atom is -0.480 e. The van der Waals surface area contributed by atoms with Crippen LogP contribution in [0.1, 0.15) is 24.5 Å². The van der Waals surface area contributed by atoms with Crippen LogP contribution in [0.3, 0.4) is 0 Å². The smallest absolute Gasteiger partial charge is 0.326 e. The number of aliphatic carboxylic acids is 1. The number of benzene rings is 2. The van der Waals surface area contributed by atoms with Crippen molar-refractivity contribution in [2.24, 2.45) is 5.92 Å². The maximum absolute atomic E-state index is 13.1. The number of aromatic amines is 1. The van der Waals surface area contributed by atoms with E-state index in [9.17, 15) is 19.5 Å². The van der Waals surface area contributed by atoms with E-state index in [4.69, 9.17) is 0 Å². The highest BCUT2D eigenvalue weighted by Gasteiger charge is 2.28. The fourth-order valence-electron chi connectivity index (χ4n) is 3.59. The van der Waals surface area contributed by atoms with Gasteiger partial charge in [-0.25, -0.2) is 4.79 Å². The molecule has 1 heterocycles. The number of carbonyl (C=O) groups excluding carboxylic acids is 2. The van der Waals surface area contributed by atoms with E-state index in [0.29, 0.717) is 6.42 Å². The van der Waals surface area contributed by atoms with Crippen molar-refractivity contribution in [3.8, 4) is 0 Å². The number of carbonyl (C=O) groups is 3. The minimum absolute atomic E-state index is 0.00795. The normalized spacial score (nSPS) is 14.0. The third-order valence-corrected chi connectivity index (χ3v) is 6.21. The van der Waals surface area contributed by atoms with Gasteiger partial charge >= 0.3 is 5.97 Å². The highest BCUT2D eigenvalue weighted by Crippen LogP contribution is 2.21. The lowest BCUT2D eigenvalue weighted by atomic mass is 9.92. The molecule has 8 heteroatoms. The second kappa shape index (κ2) is 10.8. The average molecular weight is 517 g/mol. The second-order valence-corrected chi connectivity index (χ2v) is 9.53. The van der Waals surface area contributed by atoms with Gasteiger partial charge in [0.15, 0.2) is 0 Å². The topological polar surface area (TPSA) is 99.3 Å². The van der Waals surface area contributed by atoms with Crippen LogP contribution in [-0.4, -0.2) is 39.0 Å². The number of H-pyrrole nitrogens is 1. The lowest BCUT2D eigenvalue weighted by Gasteiger charge is -2.21. The number of carboxylic acids is 1. The van der Waals surface area contributed by atoms with E-state index in [-0.39, 0.29) is 18.6 Å². The first kappa shape index (κ1) is 24.1. The molecule has 0 bridgehead atoms. The zero-order valence-corrected chi connectivity index (χ0v) is 20.0. The molecule has 3 rings (SSSR count). The molecule has 0 aliphatic heterocycles. The number of hydrogen-bond acceptors (Lipinski definition) is 4. The summed E-state index contributed by atoms with van der Waals surface area (Å²) >= 11 is 7.57. The fourth-order valence-corrected chi connectivity index (χ4v) is 3.96. The average Bonchev–Trinajstić information content (AvgIpc) is 3.17. The summed E-state index contributed by atoms with van der Waals surface area (Å²) in [7, 11) is 0. The predicted octanol–water partition coefficient (Wildman–Crippen LogP) is 4.18. The summed E-state index contributed by atoms with van der Waals surface area (Å²) in [6, 6.07) is 14.0. The van der Waals surface area contributed by atoms with Crippen LogP contribution in [0.4, 0.5) is 0 Å². The van der Waals surface area contributed by atoms with E-state index in [1.54, 1.807) is 13.1 Å². The van der Waals surface area contributed by atoms with Gasteiger partial charge in [-0.2, -0.15) is 12.6 Å². The Kier molecular flexibility index (Phi) is 8.15. The number of aromatic nitrogens is 1. The summed E-state index contributed by atoms with van der Waals surface area (Å²) in [5.74, 6) is -2.43. The molecule has 1 amide bonds. The number of fused-ring (bicyclic) bond motifs is 1. The standard InChI is InChI=1S/C24H25BrN2O4S/c1-14(32)22(28)12-16(10-15-6-8-18(25)9-7-15)23(29)27-21(24(30)31)11-17-13-26-20-5-3-2-4-19(17)20/h2-9,13-14,16,21,26,32H,10-12H2,1H3,(H,27,29)(H,30,31)/t14?,16?,21-/m0/s1. The molecule has 3 atom stereocenters. The van der Waals surface area contributed by atoms with Gasteiger partial charge in [0.25, 0.3) is 0 Å². The van der Waals surface area contributed by atoms with Crippen molar-refractivity contribution >= 4 is 57.1 Å². The van der Waals surface area contributed by atoms with Crippen molar-refractivity contribution in [3.63, 3.8) is 0 Å². The molecule has 0 aliphatic carbocycles. The molecule has 2 aromatic carbocycles. The molecule has 168 valence electrons. The summed E-state index contributed by atoms with van der Waals surface area (Å²) < 4.78 is 0.909. The Balaban J connectivity index is 1.78. The number of carboxylic acid groups (broad SMARTS) is 1. The molecular weight excluding hydrogens is 492 g/mol. The van der Waals surface area contributed by atoms with Crippen molar-refractivity contribution in [1.29, 1.82) is 0 Å². The molecule has 32 heavy (non-hydrogen) atoms.